The number of para-hydroxylation sites is 8. The fourth-order valence-electron chi connectivity index (χ4n) is 36.9. The Hall–Kier alpha value is -7.40. The molecule has 0 amide bonds. The van der Waals surface area contributed by atoms with Crippen LogP contribution >= 0.6 is 0 Å². The molecule has 4 aromatic heterocycles. The molecule has 12 saturated heterocycles. The third-order valence-corrected chi connectivity index (χ3v) is 42.6. The molecule has 26 atom stereocenters. The van der Waals surface area contributed by atoms with E-state index >= 15 is 0 Å². The molecule has 20 aliphatic rings. The van der Waals surface area contributed by atoms with E-state index in [1.165, 1.54) is 316 Å². The largest absolute Gasteiger partial charge is 0.340 e. The number of imidazole rings is 4. The lowest BCUT2D eigenvalue weighted by molar-refractivity contribution is -0.122. The van der Waals surface area contributed by atoms with Crippen LogP contribution in [0, 0.1) is 53.3 Å². The van der Waals surface area contributed by atoms with E-state index in [2.05, 4.69) is 159 Å². The minimum atomic E-state index is -0.00759. The highest BCUT2D eigenvalue weighted by Crippen LogP contribution is 2.56. The van der Waals surface area contributed by atoms with Gasteiger partial charge in [0.05, 0.1) is 69.3 Å². The molecule has 20 fully saturated rings. The van der Waals surface area contributed by atoms with Gasteiger partial charge in [-0.05, 0) is 355 Å². The summed E-state index contributed by atoms with van der Waals surface area (Å²) in [7, 11) is 0. The number of aromatic nitrogens is 8. The van der Waals surface area contributed by atoms with Crippen molar-refractivity contribution < 1.29 is 19.2 Å². The summed E-state index contributed by atoms with van der Waals surface area (Å²) in [6.45, 7) is 16.2. The molecule has 4 aromatic carbocycles. The SMILES string of the molecule is CC(=O)C1CCN(Cc2nc3ccccc3n2C2C[C@H]3CCC[C@@H](C2)N3C2C[C@H]3CCC[C@@H](C2)C3)CC1.CC(=O)CN1CCN(c2nc3ccccc3n2C2C[C@H]3CCC[C@@H](C2)N3C2C[C@H]3CCC[C@@H](C2)C3)CC1.CC(=O)[C@@H]1CCCN1c1nc2ccccc2n1C1C[C@H]2CCC[C@@H](C1)N2C1C[C@H]2CCC[C@@H](C1)C2.CC(=O)[C@H]1CCCN1c1nc2ccccc2n1C1C[C@H]2CCC[C@@H](C1)N2C1C[C@H]2CCC[C@@H](C1)C2. The zero-order chi connectivity index (χ0) is 96.9. The van der Waals surface area contributed by atoms with Crippen molar-refractivity contribution >= 4 is 85.1 Å². The summed E-state index contributed by atoms with van der Waals surface area (Å²) < 4.78 is 10.5. The first-order valence-electron chi connectivity index (χ1n) is 60.3. The number of Topliss-reactive ketones (excluding diaryl/α,β-unsaturated/α-hetero) is 4. The molecule has 144 heavy (non-hydrogen) atoms. The summed E-state index contributed by atoms with van der Waals surface area (Å²) in [4.78, 5) is 93.6. The summed E-state index contributed by atoms with van der Waals surface area (Å²) in [6.07, 6.45) is 68.4. The van der Waals surface area contributed by atoms with Gasteiger partial charge in [-0.15, -0.1) is 0 Å². The van der Waals surface area contributed by atoms with Gasteiger partial charge in [0, 0.05) is 142 Å². The maximum atomic E-state index is 12.5. The number of likely N-dealkylation sites (tertiary alicyclic amines) is 1. The summed E-state index contributed by atoms with van der Waals surface area (Å²) >= 11 is 0. The number of carbonyl (C=O) groups excluding carboxylic acids is 4. The first-order valence-corrected chi connectivity index (χ1v) is 60.3. The standard InChI is InChI=1S/C32H46N4O.C31H45N5O.2C30H42N4O/c1-22(37)25-12-14-34(15-13-25)21-32-33-30-10-2-3-11-31(30)36(32)29-19-26-8-5-9-27(20-29)35(26)28-17-23-6-4-7-24(16-23)18-28;1-22(37)21-33-12-14-34(15-13-33)31-32-29-10-2-3-11-30(29)36(31)28-19-25-8-5-9-26(20-28)35(25)27-17-23-6-4-7-24(16-23)18-27;2*1-20(35)28-13-6-14-32(28)30-31-27-11-2-3-12-29(27)34(30)26-18-23-9-5-10-24(19-26)33(23)25-16-21-7-4-8-22(15-21)17-25/h2-3,10-11,23-29H,4-9,12-21H2,1H3;2-3,10-11,23-28H,4-9,12-21H2,1H3;2*2-3,11-12,21-26,28H,4-10,13-19H2,1H3/t23-,24+,26-,27+,28?,29?;23-,24+,25-,26+,27?,28?;2*21-,22+,23-,24+,25?,26?,28-/m..10/s1. The molecule has 0 radical (unpaired) electrons. The molecule has 21 nitrogen and oxygen atoms in total. The molecular formula is C123H175N17O4. The summed E-state index contributed by atoms with van der Waals surface area (Å²) in [5.41, 5.74) is 9.64. The van der Waals surface area contributed by atoms with E-state index in [1.807, 2.05) is 0 Å². The zero-order valence-electron chi connectivity index (χ0n) is 88.5. The number of hydrogen-bond donors (Lipinski definition) is 0. The highest BCUT2D eigenvalue weighted by molar-refractivity contribution is 5.88. The Morgan fingerprint density at radius 2 is 0.535 bits per heavy atom. The lowest BCUT2D eigenvalue weighted by Crippen LogP contribution is -2.58. The highest BCUT2D eigenvalue weighted by Gasteiger charge is 2.53. The number of carbonyl (C=O) groups is 4. The molecule has 16 bridgehead atoms. The fraction of sp³-hybridized carbons (Fsp3) is 0.740. The smallest absolute Gasteiger partial charge is 0.207 e. The number of piperazine rings is 1. The molecule has 8 saturated carbocycles. The summed E-state index contributed by atoms with van der Waals surface area (Å²) in [6, 6.07) is 46.2. The van der Waals surface area contributed by atoms with Gasteiger partial charge in [-0.1, -0.05) is 151 Å². The van der Waals surface area contributed by atoms with Gasteiger partial charge >= 0.3 is 0 Å². The number of ketones is 4. The topological polar surface area (TPSA) is 169 Å². The first-order chi connectivity index (χ1) is 70.5. The number of anilines is 3. The van der Waals surface area contributed by atoms with E-state index < -0.39 is 0 Å². The van der Waals surface area contributed by atoms with Crippen LogP contribution in [0.1, 0.15) is 379 Å². The maximum absolute atomic E-state index is 12.5. The molecule has 0 N–H and O–H groups in total. The Kier molecular flexibility index (Phi) is 28.7. The minimum Gasteiger partial charge on any atom is -0.340 e. The minimum absolute atomic E-state index is 0.00759. The van der Waals surface area contributed by atoms with Gasteiger partial charge in [0.2, 0.25) is 17.8 Å². The van der Waals surface area contributed by atoms with Gasteiger partial charge < -0.3 is 33.0 Å². The van der Waals surface area contributed by atoms with E-state index in [1.54, 1.807) is 27.7 Å². The van der Waals surface area contributed by atoms with Crippen molar-refractivity contribution in [2.75, 3.05) is 73.6 Å². The molecule has 8 unspecified atom stereocenters. The van der Waals surface area contributed by atoms with Crippen LogP contribution in [0.2, 0.25) is 0 Å². The molecule has 16 heterocycles. The third-order valence-electron chi connectivity index (χ3n) is 42.6. The van der Waals surface area contributed by atoms with Crippen molar-refractivity contribution in [2.24, 2.45) is 53.3 Å². The average Bonchev–Trinajstić information content (AvgIpc) is 1.56. The van der Waals surface area contributed by atoms with Crippen LogP contribution in [-0.2, 0) is 25.7 Å². The monoisotopic (exact) mass is 1950 g/mol. The zero-order valence-corrected chi connectivity index (χ0v) is 88.5. The Morgan fingerprint density at radius 3 is 0.847 bits per heavy atom. The van der Waals surface area contributed by atoms with Crippen molar-refractivity contribution in [1.29, 1.82) is 0 Å². The Balaban J connectivity index is 0.000000101. The fourth-order valence-corrected chi connectivity index (χ4v) is 36.9. The highest BCUT2D eigenvalue weighted by atomic mass is 16.1. The number of fused-ring (bicyclic) bond motifs is 20. The van der Waals surface area contributed by atoms with Crippen LogP contribution in [0.15, 0.2) is 97.1 Å². The van der Waals surface area contributed by atoms with E-state index in [0.29, 0.717) is 60.7 Å². The maximum Gasteiger partial charge on any atom is 0.207 e. The average molecular weight is 1960 g/mol. The van der Waals surface area contributed by atoms with Gasteiger partial charge in [-0.2, -0.15) is 0 Å². The van der Waals surface area contributed by atoms with Gasteiger partial charge in [0.1, 0.15) is 17.4 Å². The van der Waals surface area contributed by atoms with E-state index in [9.17, 15) is 19.2 Å². The predicted octanol–water partition coefficient (Wildman–Crippen LogP) is 23.9. The number of nitrogens with zero attached hydrogens (tertiary/aromatic N) is 17. The van der Waals surface area contributed by atoms with Crippen molar-refractivity contribution in [2.45, 2.75) is 464 Å². The third kappa shape index (κ3) is 19.8. The molecular weight excluding hydrogens is 1780 g/mol. The Bertz CT molecular complexity index is 5540. The van der Waals surface area contributed by atoms with Gasteiger partial charge in [0.25, 0.3) is 0 Å². The predicted molar refractivity (Wildman–Crippen MR) is 579 cm³/mol. The van der Waals surface area contributed by atoms with Gasteiger partial charge in [0.15, 0.2) is 11.6 Å². The van der Waals surface area contributed by atoms with E-state index in [4.69, 9.17) is 19.9 Å². The first kappa shape index (κ1) is 97.4. The van der Waals surface area contributed by atoms with Crippen LogP contribution in [-0.4, -0.2) is 234 Å². The number of hydrogen-bond acceptors (Lipinski definition) is 17. The normalized spacial score (nSPS) is 36.5. The number of piperidine rings is 9. The lowest BCUT2D eigenvalue weighted by atomic mass is 9.68. The second-order valence-electron chi connectivity index (χ2n) is 51.6. The van der Waals surface area contributed by atoms with Crippen molar-refractivity contribution in [3.8, 4) is 0 Å². The molecule has 21 heteroatoms. The van der Waals surface area contributed by atoms with Crippen molar-refractivity contribution in [3.63, 3.8) is 0 Å². The second-order valence-corrected chi connectivity index (χ2v) is 51.6. The molecule has 12 aliphatic heterocycles. The van der Waals surface area contributed by atoms with Crippen LogP contribution < -0.4 is 14.7 Å². The van der Waals surface area contributed by atoms with Crippen molar-refractivity contribution in [1.82, 2.24) is 67.6 Å². The van der Waals surface area contributed by atoms with Crippen LogP contribution in [0.3, 0.4) is 0 Å². The molecule has 776 valence electrons. The second kappa shape index (κ2) is 42.4. The van der Waals surface area contributed by atoms with E-state index in [0.717, 1.165) is 227 Å². The van der Waals surface area contributed by atoms with Crippen LogP contribution in [0.5, 0.6) is 0 Å². The van der Waals surface area contributed by atoms with Gasteiger partial charge in [-0.3, -0.25) is 48.6 Å². The van der Waals surface area contributed by atoms with Crippen molar-refractivity contribution in [3.05, 3.63) is 103 Å². The molecule has 8 aliphatic carbocycles. The summed E-state index contributed by atoms with van der Waals surface area (Å²) in [5.74, 6) is 14.0. The molecule has 28 rings (SSSR count). The van der Waals surface area contributed by atoms with Crippen LogP contribution in [0.4, 0.5) is 17.8 Å². The number of rotatable bonds is 18. The molecule has 8 aromatic rings. The number of benzene rings is 4. The Morgan fingerprint density at radius 1 is 0.250 bits per heavy atom. The van der Waals surface area contributed by atoms with Crippen LogP contribution in [0.25, 0.3) is 44.1 Å². The quantitative estimate of drug-likeness (QED) is 0.0794. The van der Waals surface area contributed by atoms with E-state index in [-0.39, 0.29) is 35.4 Å². The lowest BCUT2D eigenvalue weighted by Gasteiger charge is -2.55. The Labute approximate surface area is 860 Å². The molecule has 0 spiro atoms. The summed E-state index contributed by atoms with van der Waals surface area (Å²) in [5, 5.41) is 0. The van der Waals surface area contributed by atoms with Gasteiger partial charge in [-0.25, -0.2) is 19.9 Å².